The minimum Gasteiger partial charge on any atom is -0.507 e. The number of hydrogen-bond donors (Lipinski definition) is 3. The van der Waals surface area contributed by atoms with Crippen LogP contribution in [0.15, 0.2) is 59.8 Å². The molecular formula is C29H25N7O7. The number of phenolic OH excluding ortho intramolecular Hbond substituents is 2. The number of allylic oxidation sites excluding steroid dienone is 4. The lowest BCUT2D eigenvalue weighted by Crippen LogP contribution is -2.40. The molecule has 1 aliphatic heterocycles. The lowest BCUT2D eigenvalue weighted by atomic mass is 9.70. The van der Waals surface area contributed by atoms with E-state index in [1.165, 1.54) is 37.2 Å². The molecule has 3 heterocycles. The van der Waals surface area contributed by atoms with Crippen molar-refractivity contribution in [2.75, 3.05) is 12.4 Å². The fourth-order valence-corrected chi connectivity index (χ4v) is 5.44. The van der Waals surface area contributed by atoms with Crippen LogP contribution in [0, 0.1) is 6.92 Å². The molecule has 14 nitrogen and oxygen atoms in total. The molecule has 2 aromatic heterocycles. The summed E-state index contributed by atoms with van der Waals surface area (Å²) in [6.07, 6.45) is 4.42. The lowest BCUT2D eigenvalue weighted by Gasteiger charge is -2.29. The number of fused-ring (bicyclic) bond motifs is 3. The molecule has 6 rings (SSSR count). The maximum absolute atomic E-state index is 14.1. The standard InChI is InChI=1S/C29H25N7O7/c1-13-24(39)22(15(3)37)26-23(25(13)40)29(4)20(43-26)12-18(38)21(27(29)41)14(2)31-16-7-8-19(42-5)17(11-16)36-28(32-33-34-36)35-10-6-9-30-35/h6-12,31,39-40H,1-5H3. The van der Waals surface area contributed by atoms with Gasteiger partial charge in [0.15, 0.2) is 17.3 Å². The molecule has 1 atom stereocenters. The van der Waals surface area contributed by atoms with Crippen LogP contribution in [-0.4, -0.2) is 64.7 Å². The summed E-state index contributed by atoms with van der Waals surface area (Å²) >= 11 is 0. The lowest BCUT2D eigenvalue weighted by molar-refractivity contribution is -0.123. The van der Waals surface area contributed by atoms with Crippen molar-refractivity contribution in [3.8, 4) is 34.6 Å². The zero-order valence-corrected chi connectivity index (χ0v) is 23.7. The van der Waals surface area contributed by atoms with Crippen molar-refractivity contribution >= 4 is 23.0 Å². The molecule has 2 aromatic carbocycles. The number of phenols is 2. The normalized spacial score (nSPS) is 18.5. The molecule has 0 amide bonds. The summed E-state index contributed by atoms with van der Waals surface area (Å²) in [4.78, 5) is 39.9. The molecule has 0 bridgehead atoms. The van der Waals surface area contributed by atoms with Crippen LogP contribution in [0.5, 0.6) is 23.0 Å². The number of hydrogen-bond acceptors (Lipinski definition) is 12. The van der Waals surface area contributed by atoms with Crippen molar-refractivity contribution in [1.82, 2.24) is 30.0 Å². The first-order valence-corrected chi connectivity index (χ1v) is 13.0. The van der Waals surface area contributed by atoms with E-state index in [4.69, 9.17) is 9.47 Å². The highest BCUT2D eigenvalue weighted by molar-refractivity contribution is 6.31. The van der Waals surface area contributed by atoms with Crippen LogP contribution in [0.4, 0.5) is 5.69 Å². The summed E-state index contributed by atoms with van der Waals surface area (Å²) in [5.74, 6) is -2.11. The first-order chi connectivity index (χ1) is 20.5. The van der Waals surface area contributed by atoms with Gasteiger partial charge in [0.1, 0.15) is 45.4 Å². The van der Waals surface area contributed by atoms with Crippen molar-refractivity contribution in [2.45, 2.75) is 33.1 Å². The van der Waals surface area contributed by atoms with Gasteiger partial charge < -0.3 is 25.0 Å². The molecule has 2 aliphatic rings. The Morgan fingerprint density at radius 3 is 2.60 bits per heavy atom. The average Bonchev–Trinajstić information content (AvgIpc) is 3.72. The van der Waals surface area contributed by atoms with E-state index in [9.17, 15) is 24.6 Å². The number of ketones is 3. The van der Waals surface area contributed by atoms with E-state index in [2.05, 4.69) is 25.9 Å². The first kappa shape index (κ1) is 27.4. The molecule has 43 heavy (non-hydrogen) atoms. The Kier molecular flexibility index (Phi) is 6.14. The number of carbonyl (C=O) groups excluding carboxylic acids is 3. The molecule has 0 fully saturated rings. The highest BCUT2D eigenvalue weighted by Gasteiger charge is 2.56. The fourth-order valence-electron chi connectivity index (χ4n) is 5.44. The first-order valence-electron chi connectivity index (χ1n) is 13.0. The zero-order chi connectivity index (χ0) is 30.8. The van der Waals surface area contributed by atoms with Crippen LogP contribution >= 0.6 is 0 Å². The number of benzene rings is 2. The Morgan fingerprint density at radius 1 is 1.16 bits per heavy atom. The van der Waals surface area contributed by atoms with Crippen molar-refractivity contribution < 1.29 is 34.1 Å². The van der Waals surface area contributed by atoms with Crippen molar-refractivity contribution in [3.63, 3.8) is 0 Å². The predicted molar refractivity (Wildman–Crippen MR) is 150 cm³/mol. The van der Waals surface area contributed by atoms with E-state index in [0.717, 1.165) is 6.08 Å². The number of tetrazole rings is 1. The molecule has 0 saturated carbocycles. The Morgan fingerprint density at radius 2 is 1.93 bits per heavy atom. The van der Waals surface area contributed by atoms with E-state index in [0.29, 0.717) is 23.1 Å². The second-order valence-corrected chi connectivity index (χ2v) is 10.2. The number of rotatable bonds is 6. The monoisotopic (exact) mass is 583 g/mol. The van der Waals surface area contributed by atoms with Gasteiger partial charge in [0.05, 0.1) is 18.2 Å². The highest BCUT2D eigenvalue weighted by atomic mass is 16.5. The molecule has 4 aromatic rings. The minimum atomic E-state index is -1.63. The Hall–Kier alpha value is -5.79. The fraction of sp³-hybridized carbons (Fsp3) is 0.207. The van der Waals surface area contributed by atoms with Crippen molar-refractivity contribution in [3.05, 3.63) is 76.5 Å². The zero-order valence-electron chi connectivity index (χ0n) is 23.7. The smallest absolute Gasteiger partial charge is 0.275 e. The predicted octanol–water partition coefficient (Wildman–Crippen LogP) is 2.85. The molecule has 218 valence electrons. The molecule has 0 radical (unpaired) electrons. The van der Waals surface area contributed by atoms with Crippen LogP contribution in [0.1, 0.15) is 42.3 Å². The molecular weight excluding hydrogens is 558 g/mol. The summed E-state index contributed by atoms with van der Waals surface area (Å²) in [6.45, 7) is 5.74. The third-order valence-electron chi connectivity index (χ3n) is 7.66. The molecule has 0 saturated heterocycles. The van der Waals surface area contributed by atoms with Crippen LogP contribution in [0.2, 0.25) is 0 Å². The summed E-state index contributed by atoms with van der Waals surface area (Å²) in [6, 6.07) is 6.76. The number of nitrogens with zero attached hydrogens (tertiary/aromatic N) is 6. The number of Topliss-reactive ketones (excluding diaryl/α,β-unsaturated/α-hetero) is 2. The number of ether oxygens (including phenoxy) is 2. The molecule has 1 unspecified atom stereocenters. The van der Waals surface area contributed by atoms with Gasteiger partial charge in [-0.15, -0.1) is 0 Å². The number of methoxy groups -OCH3 is 1. The third kappa shape index (κ3) is 3.90. The minimum absolute atomic E-state index is 0.0126. The van der Waals surface area contributed by atoms with Gasteiger partial charge in [0.25, 0.3) is 5.95 Å². The van der Waals surface area contributed by atoms with Crippen LogP contribution in [0.3, 0.4) is 0 Å². The molecule has 14 heteroatoms. The number of nitrogens with one attached hydrogen (secondary N) is 1. The quantitative estimate of drug-likeness (QED) is 0.172. The van der Waals surface area contributed by atoms with Gasteiger partial charge in [-0.2, -0.15) is 9.78 Å². The number of aromatic hydroxyl groups is 2. The second-order valence-electron chi connectivity index (χ2n) is 10.2. The van der Waals surface area contributed by atoms with Gasteiger partial charge in [0.2, 0.25) is 0 Å². The topological polar surface area (TPSA) is 184 Å². The summed E-state index contributed by atoms with van der Waals surface area (Å²) in [5.41, 5.74) is -0.798. The molecule has 0 spiro atoms. The van der Waals surface area contributed by atoms with Crippen LogP contribution < -0.4 is 14.8 Å². The molecule has 1 aliphatic carbocycles. The van der Waals surface area contributed by atoms with Crippen molar-refractivity contribution in [2.24, 2.45) is 0 Å². The Labute approximate surface area is 243 Å². The average molecular weight is 584 g/mol. The summed E-state index contributed by atoms with van der Waals surface area (Å²) in [7, 11) is 1.50. The van der Waals surface area contributed by atoms with Gasteiger partial charge in [0, 0.05) is 35.4 Å². The summed E-state index contributed by atoms with van der Waals surface area (Å²) in [5, 5.41) is 40.8. The highest BCUT2D eigenvalue weighted by Crippen LogP contribution is 2.57. The van der Waals surface area contributed by atoms with Gasteiger partial charge in [-0.1, -0.05) is 5.10 Å². The van der Waals surface area contributed by atoms with Gasteiger partial charge in [-0.25, -0.2) is 4.68 Å². The van der Waals surface area contributed by atoms with E-state index in [-0.39, 0.29) is 39.5 Å². The summed E-state index contributed by atoms with van der Waals surface area (Å²) < 4.78 is 14.2. The van der Waals surface area contributed by atoms with E-state index >= 15 is 0 Å². The van der Waals surface area contributed by atoms with Gasteiger partial charge >= 0.3 is 0 Å². The van der Waals surface area contributed by atoms with Gasteiger partial charge in [-0.3, -0.25) is 14.4 Å². The Balaban J connectivity index is 1.43. The third-order valence-corrected chi connectivity index (χ3v) is 7.66. The molecule has 3 N–H and O–H groups in total. The maximum atomic E-state index is 14.1. The second kappa shape index (κ2) is 9.65. The van der Waals surface area contributed by atoms with Gasteiger partial charge in [-0.05, 0) is 62.4 Å². The number of anilines is 1. The van der Waals surface area contributed by atoms with Crippen LogP contribution in [0.25, 0.3) is 11.6 Å². The SMILES string of the molecule is COc1ccc(NC(C)=C2C(=O)C=C3Oc4c(C(C)=O)c(O)c(C)c(O)c4C3(C)C2=O)cc1-n1nnnc1-n1cccn1. The van der Waals surface area contributed by atoms with E-state index in [1.54, 1.807) is 43.6 Å². The van der Waals surface area contributed by atoms with Crippen molar-refractivity contribution in [1.29, 1.82) is 0 Å². The van der Waals surface area contributed by atoms with E-state index in [1.807, 2.05) is 0 Å². The largest absolute Gasteiger partial charge is 0.507 e. The van der Waals surface area contributed by atoms with Crippen LogP contribution in [-0.2, 0) is 15.0 Å². The Bertz CT molecular complexity index is 1940. The van der Waals surface area contributed by atoms with E-state index < -0.39 is 34.3 Å². The maximum Gasteiger partial charge on any atom is 0.275 e. The number of carbonyl (C=O) groups is 3. The number of aromatic nitrogens is 6.